The van der Waals surface area contributed by atoms with Crippen molar-refractivity contribution in [1.29, 1.82) is 0 Å². The smallest absolute Gasteiger partial charge is 0.360 e. The van der Waals surface area contributed by atoms with Crippen molar-refractivity contribution < 1.29 is 19.1 Å². The number of halogens is 2. The fourth-order valence-electron chi connectivity index (χ4n) is 2.92. The Hall–Kier alpha value is -3.36. The molecule has 0 spiro atoms. The fraction of sp³-hybridized carbons (Fsp3) is 0.217. The van der Waals surface area contributed by atoms with E-state index >= 15 is 0 Å². The summed E-state index contributed by atoms with van der Waals surface area (Å²) in [6.45, 7) is 5.03. The maximum absolute atomic E-state index is 12.8. The number of hydrogen-bond donors (Lipinski definition) is 1. The first-order valence-electron chi connectivity index (χ1n) is 10.0. The number of esters is 1. The van der Waals surface area contributed by atoms with Crippen molar-refractivity contribution in [3.63, 3.8) is 0 Å². The Bertz CT molecular complexity index is 1260. The number of carbonyl (C=O) groups excluding carboxylic acids is 2. The highest BCUT2D eigenvalue weighted by Crippen LogP contribution is 2.28. The van der Waals surface area contributed by atoms with E-state index < -0.39 is 23.5 Å². The van der Waals surface area contributed by atoms with Gasteiger partial charge in [0.25, 0.3) is 11.5 Å². The summed E-state index contributed by atoms with van der Waals surface area (Å²) >= 11 is 12.0. The first-order chi connectivity index (χ1) is 15.7. The third-order valence-corrected chi connectivity index (χ3v) is 5.10. The zero-order chi connectivity index (χ0) is 24.1. The number of nitrogens with one attached hydrogen (secondary N) is 1. The van der Waals surface area contributed by atoms with Crippen LogP contribution in [0.2, 0.25) is 10.0 Å². The minimum absolute atomic E-state index is 0.0893. The molecule has 0 fully saturated rings. The maximum Gasteiger partial charge on any atom is 0.360 e. The van der Waals surface area contributed by atoms with Gasteiger partial charge in [-0.3, -0.25) is 9.59 Å². The van der Waals surface area contributed by atoms with E-state index in [1.54, 1.807) is 25.1 Å². The summed E-state index contributed by atoms with van der Waals surface area (Å²) in [7, 11) is 0. The molecule has 1 N–H and O–H groups in total. The molecule has 33 heavy (non-hydrogen) atoms. The minimum Gasteiger partial charge on any atom is -0.479 e. The largest absolute Gasteiger partial charge is 0.479 e. The highest BCUT2D eigenvalue weighted by Gasteiger charge is 2.23. The molecule has 1 atom stereocenters. The molecule has 1 amide bonds. The third-order valence-electron chi connectivity index (χ3n) is 4.57. The van der Waals surface area contributed by atoms with Crippen LogP contribution < -0.4 is 15.6 Å². The van der Waals surface area contributed by atoms with Crippen molar-refractivity contribution in [2.24, 2.45) is 0 Å². The average molecular weight is 490 g/mol. The van der Waals surface area contributed by atoms with E-state index in [1.807, 2.05) is 19.1 Å². The van der Waals surface area contributed by atoms with Crippen LogP contribution in [-0.2, 0) is 9.53 Å². The van der Waals surface area contributed by atoms with Crippen LogP contribution >= 0.6 is 23.2 Å². The maximum atomic E-state index is 12.8. The van der Waals surface area contributed by atoms with Gasteiger partial charge in [-0.15, -0.1) is 0 Å². The van der Waals surface area contributed by atoms with Crippen LogP contribution in [0.25, 0.3) is 5.69 Å². The molecule has 10 heteroatoms. The summed E-state index contributed by atoms with van der Waals surface area (Å²) < 4.78 is 11.8. The zero-order valence-corrected chi connectivity index (χ0v) is 19.6. The van der Waals surface area contributed by atoms with Gasteiger partial charge in [-0.1, -0.05) is 41.4 Å². The lowest BCUT2D eigenvalue weighted by atomic mass is 10.2. The first-order valence-corrected chi connectivity index (χ1v) is 10.8. The second-order valence-corrected chi connectivity index (χ2v) is 7.83. The van der Waals surface area contributed by atoms with Crippen LogP contribution in [0.15, 0.2) is 53.3 Å². The van der Waals surface area contributed by atoms with E-state index in [0.29, 0.717) is 10.7 Å². The van der Waals surface area contributed by atoms with Crippen LogP contribution in [0.5, 0.6) is 5.75 Å². The Labute approximate surface area is 200 Å². The van der Waals surface area contributed by atoms with Crippen molar-refractivity contribution in [1.82, 2.24) is 9.78 Å². The van der Waals surface area contributed by atoms with Gasteiger partial charge in [0, 0.05) is 11.1 Å². The number of anilines is 1. The number of ether oxygens (including phenoxy) is 2. The number of aryl methyl sites for hydroxylation is 1. The van der Waals surface area contributed by atoms with Gasteiger partial charge in [-0.25, -0.2) is 4.79 Å². The molecule has 0 saturated heterocycles. The minimum atomic E-state index is -1.02. The molecule has 0 aliphatic heterocycles. The normalized spacial score (nSPS) is 11.5. The van der Waals surface area contributed by atoms with Crippen molar-refractivity contribution in [2.75, 3.05) is 11.9 Å². The van der Waals surface area contributed by atoms with E-state index in [0.717, 1.165) is 16.3 Å². The van der Waals surface area contributed by atoms with E-state index in [1.165, 1.54) is 19.1 Å². The molecule has 1 heterocycles. The third kappa shape index (κ3) is 5.71. The number of benzene rings is 2. The molecule has 8 nitrogen and oxygen atoms in total. The lowest BCUT2D eigenvalue weighted by Gasteiger charge is -2.17. The number of nitrogens with zero attached hydrogens (tertiary/aromatic N) is 2. The molecule has 0 bridgehead atoms. The number of carbonyl (C=O) groups is 2. The van der Waals surface area contributed by atoms with Crippen molar-refractivity contribution in [3.8, 4) is 11.4 Å². The van der Waals surface area contributed by atoms with Gasteiger partial charge in [-0.2, -0.15) is 9.78 Å². The molecule has 0 radical (unpaired) electrons. The summed E-state index contributed by atoms with van der Waals surface area (Å²) in [6, 6.07) is 12.8. The standard InChI is InChI=1S/C23H21Cl2N3O5/c1-4-32-23(31)21-17(12-20(29)28(27-21)18-8-6-5-7-13(18)2)26-22(30)14(3)33-19-10-9-15(24)11-16(19)25/h5-12,14H,4H2,1-3H3,(H,26,30). The summed E-state index contributed by atoms with van der Waals surface area (Å²) in [5.41, 5.74) is 0.429. The van der Waals surface area contributed by atoms with Gasteiger partial charge < -0.3 is 14.8 Å². The topological polar surface area (TPSA) is 99.5 Å². The predicted octanol–water partition coefficient (Wildman–Crippen LogP) is 4.43. The number of rotatable bonds is 7. The van der Waals surface area contributed by atoms with Gasteiger partial charge in [0.05, 0.1) is 23.0 Å². The van der Waals surface area contributed by atoms with Crippen LogP contribution in [0.4, 0.5) is 5.69 Å². The summed E-state index contributed by atoms with van der Waals surface area (Å²) in [4.78, 5) is 38.1. The molecule has 0 saturated carbocycles. The Kier molecular flexibility index (Phi) is 7.73. The molecule has 2 aromatic carbocycles. The monoisotopic (exact) mass is 489 g/mol. The van der Waals surface area contributed by atoms with Crippen LogP contribution in [0, 0.1) is 6.92 Å². The molecule has 3 rings (SSSR count). The number of hydrogen-bond acceptors (Lipinski definition) is 6. The van der Waals surface area contributed by atoms with E-state index in [-0.39, 0.29) is 28.8 Å². The first kappa shape index (κ1) is 24.3. The van der Waals surface area contributed by atoms with Crippen LogP contribution in [-0.4, -0.2) is 34.4 Å². The lowest BCUT2D eigenvalue weighted by Crippen LogP contribution is -2.33. The highest BCUT2D eigenvalue weighted by molar-refractivity contribution is 6.35. The van der Waals surface area contributed by atoms with Gasteiger partial charge in [0.1, 0.15) is 5.75 Å². The molecular formula is C23H21Cl2N3O5. The Morgan fingerprint density at radius 2 is 1.88 bits per heavy atom. The van der Waals surface area contributed by atoms with Crippen LogP contribution in [0.1, 0.15) is 29.9 Å². The summed E-state index contributed by atoms with van der Waals surface area (Å²) in [5, 5.41) is 7.36. The van der Waals surface area contributed by atoms with Crippen molar-refractivity contribution >= 4 is 40.8 Å². The van der Waals surface area contributed by atoms with Crippen molar-refractivity contribution in [2.45, 2.75) is 26.9 Å². The predicted molar refractivity (Wildman–Crippen MR) is 126 cm³/mol. The summed E-state index contributed by atoms with van der Waals surface area (Å²) in [5.74, 6) is -1.16. The molecule has 3 aromatic rings. The molecule has 1 aromatic heterocycles. The molecule has 172 valence electrons. The second-order valence-electron chi connectivity index (χ2n) is 6.99. The van der Waals surface area contributed by atoms with Gasteiger partial charge in [0.15, 0.2) is 11.8 Å². The van der Waals surface area contributed by atoms with Gasteiger partial charge >= 0.3 is 5.97 Å². The number of amides is 1. The highest BCUT2D eigenvalue weighted by atomic mass is 35.5. The van der Waals surface area contributed by atoms with E-state index in [9.17, 15) is 14.4 Å². The second kappa shape index (κ2) is 10.5. The zero-order valence-electron chi connectivity index (χ0n) is 18.1. The lowest BCUT2D eigenvalue weighted by molar-refractivity contribution is -0.122. The van der Waals surface area contributed by atoms with Gasteiger partial charge in [0.2, 0.25) is 0 Å². The fourth-order valence-corrected chi connectivity index (χ4v) is 3.38. The number of para-hydroxylation sites is 1. The SMILES string of the molecule is CCOC(=O)c1nn(-c2ccccc2C)c(=O)cc1NC(=O)C(C)Oc1ccc(Cl)cc1Cl. The molecule has 0 aliphatic rings. The van der Waals surface area contributed by atoms with Crippen LogP contribution in [0.3, 0.4) is 0 Å². The molecule has 0 aliphatic carbocycles. The molecular weight excluding hydrogens is 469 g/mol. The molecule has 1 unspecified atom stereocenters. The Balaban J connectivity index is 1.93. The Morgan fingerprint density at radius 3 is 2.55 bits per heavy atom. The van der Waals surface area contributed by atoms with E-state index in [2.05, 4.69) is 10.4 Å². The summed E-state index contributed by atoms with van der Waals surface area (Å²) in [6.07, 6.45) is -1.02. The van der Waals surface area contributed by atoms with Gasteiger partial charge in [-0.05, 0) is 50.6 Å². The Morgan fingerprint density at radius 1 is 1.15 bits per heavy atom. The quantitative estimate of drug-likeness (QED) is 0.492. The number of aromatic nitrogens is 2. The average Bonchev–Trinajstić information content (AvgIpc) is 2.76. The van der Waals surface area contributed by atoms with E-state index in [4.69, 9.17) is 32.7 Å². The van der Waals surface area contributed by atoms with Crippen molar-refractivity contribution in [3.05, 3.63) is 80.2 Å².